The van der Waals surface area contributed by atoms with Gasteiger partial charge in [0.15, 0.2) is 12.4 Å². The molecule has 0 saturated carbocycles. The molecule has 1 rings (SSSR count). The van der Waals surface area contributed by atoms with Crippen molar-refractivity contribution in [3.8, 4) is 0 Å². The first-order valence-electron chi connectivity index (χ1n) is 34.1. The van der Waals surface area contributed by atoms with Gasteiger partial charge in [-0.3, -0.25) is 9.59 Å². The van der Waals surface area contributed by atoms with Gasteiger partial charge in [0.1, 0.15) is 24.4 Å². The molecule has 0 aromatic heterocycles. The van der Waals surface area contributed by atoms with Crippen molar-refractivity contribution in [2.24, 2.45) is 0 Å². The van der Waals surface area contributed by atoms with E-state index in [1.165, 1.54) is 186 Å². The maximum absolute atomic E-state index is 13.5. The van der Waals surface area contributed by atoms with Crippen molar-refractivity contribution in [3.05, 3.63) is 60.8 Å². The fourth-order valence-corrected chi connectivity index (χ4v) is 10.7. The number of carbonyl (C=O) groups is 2. The van der Waals surface area contributed by atoms with E-state index in [0.29, 0.717) is 19.3 Å². The highest BCUT2D eigenvalue weighted by atomic mass is 16.7. The molecule has 0 aliphatic carbocycles. The number of unbranched alkanes of at least 4 members (excludes halogenated alkanes) is 39. The van der Waals surface area contributed by atoms with Gasteiger partial charge in [0.25, 0.3) is 0 Å². The molecule has 11 heteroatoms. The van der Waals surface area contributed by atoms with Crippen LogP contribution in [0.5, 0.6) is 0 Å². The summed E-state index contributed by atoms with van der Waals surface area (Å²) in [4.78, 5) is 26.6. The highest BCUT2D eigenvalue weighted by molar-refractivity contribution is 5.80. The zero-order valence-corrected chi connectivity index (χ0v) is 52.4. The highest BCUT2D eigenvalue weighted by Crippen LogP contribution is 2.26. The number of nitrogens with one attached hydrogen (secondary N) is 1. The van der Waals surface area contributed by atoms with Gasteiger partial charge in [-0.05, 0) is 44.9 Å². The Morgan fingerprint density at radius 3 is 1.33 bits per heavy atom. The van der Waals surface area contributed by atoms with Crippen LogP contribution in [0.4, 0.5) is 0 Å². The van der Waals surface area contributed by atoms with Crippen LogP contribution in [0.1, 0.15) is 310 Å². The monoisotopic (exact) mass is 1140 g/mol. The minimum Gasteiger partial charge on any atom is -0.454 e. The summed E-state index contributed by atoms with van der Waals surface area (Å²) < 4.78 is 17.6. The smallest absolute Gasteiger partial charge is 0.306 e. The van der Waals surface area contributed by atoms with Crippen LogP contribution < -0.4 is 5.32 Å². The molecule has 1 aliphatic heterocycles. The number of hydrogen-bond donors (Lipinski definition) is 6. The van der Waals surface area contributed by atoms with E-state index in [-0.39, 0.29) is 13.0 Å². The molecule has 0 bridgehead atoms. The minimum absolute atomic E-state index is 0.0972. The predicted octanol–water partition coefficient (Wildman–Crippen LogP) is 17.0. The van der Waals surface area contributed by atoms with Crippen molar-refractivity contribution in [1.82, 2.24) is 5.32 Å². The number of rotatable bonds is 58. The number of carbonyl (C=O) groups excluding carboxylic acids is 2. The summed E-state index contributed by atoms with van der Waals surface area (Å²) >= 11 is 0. The van der Waals surface area contributed by atoms with Crippen LogP contribution >= 0.6 is 0 Å². The van der Waals surface area contributed by atoms with E-state index in [9.17, 15) is 35.1 Å². The van der Waals surface area contributed by atoms with Gasteiger partial charge in [0, 0.05) is 6.42 Å². The standard InChI is InChI=1S/C70H127NO10/c1-4-7-10-13-16-19-22-25-27-28-29-30-31-32-33-34-35-37-39-42-45-48-51-54-57-63(74)69(78)71-61(62(73)56-53-50-47-44-41-38-24-21-18-15-12-9-6-3)60-79-70-68(67(77)66(76)64(59-72)80-70)81-65(75)58-55-52-49-46-43-40-36-26-23-20-17-14-11-8-5-2/h8,11,14,17,20,23,26,36,53,56,61-64,66-68,70,72-74,76-77H,4-7,9-10,12-13,15-16,18-19,21-22,24-25,27-35,37-52,54-55,57-60H2,1-3H3,(H,71,78)/b11-8+,17-14+,23-20+,36-26-,56-53+. The second kappa shape index (κ2) is 57.8. The van der Waals surface area contributed by atoms with Crippen molar-refractivity contribution >= 4 is 11.9 Å². The Labute approximate surface area is 497 Å². The van der Waals surface area contributed by atoms with Gasteiger partial charge in [-0.1, -0.05) is 319 Å². The summed E-state index contributed by atoms with van der Waals surface area (Å²) in [5, 5.41) is 57.1. The number of allylic oxidation sites excluding steroid dienone is 9. The first kappa shape index (κ1) is 76.4. The zero-order chi connectivity index (χ0) is 58.9. The lowest BCUT2D eigenvalue weighted by atomic mass is 9.99. The first-order valence-corrected chi connectivity index (χ1v) is 34.1. The molecule has 6 N–H and O–H groups in total. The van der Waals surface area contributed by atoms with Crippen molar-refractivity contribution in [1.29, 1.82) is 0 Å². The van der Waals surface area contributed by atoms with Crippen LogP contribution in [0.25, 0.3) is 0 Å². The van der Waals surface area contributed by atoms with E-state index in [1.54, 1.807) is 6.08 Å². The van der Waals surface area contributed by atoms with Gasteiger partial charge in [0.2, 0.25) is 5.91 Å². The Balaban J connectivity index is 2.60. The quantitative estimate of drug-likeness (QED) is 0.0149. The van der Waals surface area contributed by atoms with Crippen LogP contribution in [-0.2, 0) is 23.8 Å². The number of aliphatic hydroxyl groups is 5. The van der Waals surface area contributed by atoms with Crippen LogP contribution in [0.15, 0.2) is 60.8 Å². The minimum atomic E-state index is -1.62. The second-order valence-electron chi connectivity index (χ2n) is 23.6. The summed E-state index contributed by atoms with van der Waals surface area (Å²) in [5.41, 5.74) is 0. The van der Waals surface area contributed by atoms with Crippen molar-refractivity contribution in [3.63, 3.8) is 0 Å². The molecule has 1 amide bonds. The Morgan fingerprint density at radius 1 is 0.494 bits per heavy atom. The molecule has 0 radical (unpaired) electrons. The topological polar surface area (TPSA) is 175 Å². The lowest BCUT2D eigenvalue weighted by Gasteiger charge is -2.41. The number of hydrogen-bond acceptors (Lipinski definition) is 10. The number of esters is 1. The highest BCUT2D eigenvalue weighted by Gasteiger charge is 2.47. The fourth-order valence-electron chi connectivity index (χ4n) is 10.7. The van der Waals surface area contributed by atoms with E-state index in [2.05, 4.69) is 44.3 Å². The van der Waals surface area contributed by atoms with Crippen molar-refractivity contribution < 1.29 is 49.3 Å². The molecule has 1 aliphatic rings. The molecule has 1 heterocycles. The van der Waals surface area contributed by atoms with E-state index in [1.807, 2.05) is 36.5 Å². The average Bonchev–Trinajstić information content (AvgIpc) is 3.53. The third-order valence-corrected chi connectivity index (χ3v) is 16.0. The Bertz CT molecular complexity index is 1550. The summed E-state index contributed by atoms with van der Waals surface area (Å²) in [7, 11) is 0. The van der Waals surface area contributed by atoms with E-state index in [0.717, 1.165) is 77.0 Å². The molecule has 81 heavy (non-hydrogen) atoms. The van der Waals surface area contributed by atoms with Crippen molar-refractivity contribution in [2.75, 3.05) is 13.2 Å². The number of ether oxygens (including phenoxy) is 3. The summed E-state index contributed by atoms with van der Waals surface area (Å²) in [6, 6.07) is -1.03. The molecule has 8 atom stereocenters. The van der Waals surface area contributed by atoms with Crippen LogP contribution in [0.3, 0.4) is 0 Å². The summed E-state index contributed by atoms with van der Waals surface area (Å²) in [5.74, 6) is -1.21. The summed E-state index contributed by atoms with van der Waals surface area (Å²) in [6.45, 7) is 5.67. The Hall–Kier alpha value is -2.64. The molecular weight excluding hydrogens is 1010 g/mol. The van der Waals surface area contributed by atoms with Crippen molar-refractivity contribution in [2.45, 2.75) is 359 Å². The first-order chi connectivity index (χ1) is 39.7. The van der Waals surface area contributed by atoms with Crippen LogP contribution in [-0.4, -0.2) is 99.6 Å². The fraction of sp³-hybridized carbons (Fsp3) is 0.829. The van der Waals surface area contributed by atoms with Gasteiger partial charge >= 0.3 is 5.97 Å². The van der Waals surface area contributed by atoms with Crippen LogP contribution in [0.2, 0.25) is 0 Å². The molecule has 0 spiro atoms. The lowest BCUT2D eigenvalue weighted by Crippen LogP contribution is -2.61. The molecule has 472 valence electrons. The molecular formula is C70H127NO10. The maximum atomic E-state index is 13.5. The molecule has 0 aromatic rings. The van der Waals surface area contributed by atoms with E-state index >= 15 is 0 Å². The average molecular weight is 1140 g/mol. The molecule has 1 fully saturated rings. The van der Waals surface area contributed by atoms with Gasteiger partial charge in [0.05, 0.1) is 25.4 Å². The number of amides is 1. The largest absolute Gasteiger partial charge is 0.454 e. The summed E-state index contributed by atoms with van der Waals surface area (Å²) in [6.07, 6.45) is 62.7. The maximum Gasteiger partial charge on any atom is 0.306 e. The molecule has 0 aromatic carbocycles. The van der Waals surface area contributed by atoms with E-state index < -0.39 is 67.4 Å². The number of aliphatic hydroxyl groups excluding tert-OH is 5. The molecule has 1 saturated heterocycles. The second-order valence-corrected chi connectivity index (χ2v) is 23.6. The normalized spacial score (nSPS) is 19.0. The van der Waals surface area contributed by atoms with Gasteiger partial charge in [-0.2, -0.15) is 0 Å². The van der Waals surface area contributed by atoms with Gasteiger partial charge < -0.3 is 45.1 Å². The van der Waals surface area contributed by atoms with Crippen LogP contribution in [0, 0.1) is 0 Å². The predicted molar refractivity (Wildman–Crippen MR) is 338 cm³/mol. The lowest BCUT2D eigenvalue weighted by molar-refractivity contribution is -0.305. The zero-order valence-electron chi connectivity index (χ0n) is 52.4. The third-order valence-electron chi connectivity index (χ3n) is 16.0. The van der Waals surface area contributed by atoms with Gasteiger partial charge in [-0.25, -0.2) is 0 Å². The third kappa shape index (κ3) is 45.4. The molecule has 8 unspecified atom stereocenters. The Kier molecular flexibility index (Phi) is 54.5. The SMILES string of the molecule is CC/C=C/C=C/C=C/C=C\CCCCCCCC(=O)OC1C(OCC(NC(=O)C(O)CCCCCCCCCCCCCCCCCCCCCCCCCC)C(O)/C=C/CCCCCCCCCCCCC)OC(CO)C(O)C1O. The molecule has 11 nitrogen and oxygen atoms in total. The Morgan fingerprint density at radius 2 is 0.889 bits per heavy atom. The van der Waals surface area contributed by atoms with Gasteiger partial charge in [-0.15, -0.1) is 0 Å². The van der Waals surface area contributed by atoms with E-state index in [4.69, 9.17) is 14.2 Å².